The highest BCUT2D eigenvalue weighted by atomic mass is 32.2. The molecule has 10 heteroatoms. The molecule has 0 aliphatic heterocycles. The molecule has 3 aromatic rings. The van der Waals surface area contributed by atoms with E-state index in [9.17, 15) is 8.42 Å². The van der Waals surface area contributed by atoms with Gasteiger partial charge in [-0.2, -0.15) is 5.10 Å². The van der Waals surface area contributed by atoms with Gasteiger partial charge in [-0.3, -0.25) is 0 Å². The Kier molecular flexibility index (Phi) is 4.58. The van der Waals surface area contributed by atoms with Gasteiger partial charge in [0.2, 0.25) is 5.89 Å². The number of nitrogens with zero attached hydrogens (tertiary/aromatic N) is 5. The summed E-state index contributed by atoms with van der Waals surface area (Å²) in [7, 11) is -3.25. The lowest BCUT2D eigenvalue weighted by molar-refractivity contribution is 0.519. The molecular weight excluding hydrogens is 368 g/mol. The molecule has 0 bridgehead atoms. The Morgan fingerprint density at radius 3 is 2.74 bits per heavy atom. The summed E-state index contributed by atoms with van der Waals surface area (Å²) >= 11 is 0. The number of aryl methyl sites for hydroxylation is 1. The van der Waals surface area contributed by atoms with E-state index in [0.29, 0.717) is 11.6 Å². The number of rotatable bonds is 6. The molecule has 9 nitrogen and oxygen atoms in total. The predicted octanol–water partition coefficient (Wildman–Crippen LogP) is 2.40. The van der Waals surface area contributed by atoms with E-state index >= 15 is 0 Å². The Balaban J connectivity index is 1.79. The van der Waals surface area contributed by atoms with Crippen LogP contribution in [0.15, 0.2) is 16.8 Å². The van der Waals surface area contributed by atoms with E-state index in [-0.39, 0.29) is 17.5 Å². The number of nitrogens with one attached hydrogen (secondary N) is 1. The topological polar surface area (TPSA) is 116 Å². The van der Waals surface area contributed by atoms with Crippen molar-refractivity contribution in [1.29, 1.82) is 0 Å². The Morgan fingerprint density at radius 1 is 1.26 bits per heavy atom. The maximum Gasteiger partial charge on any atom is 0.251 e. The number of pyridine rings is 1. The van der Waals surface area contributed by atoms with Gasteiger partial charge in [0.25, 0.3) is 5.89 Å². The van der Waals surface area contributed by atoms with E-state index < -0.39 is 9.84 Å². The van der Waals surface area contributed by atoms with Crippen LogP contribution in [0.25, 0.3) is 22.5 Å². The summed E-state index contributed by atoms with van der Waals surface area (Å²) in [6, 6.07) is 0.373. The third-order valence-electron chi connectivity index (χ3n) is 4.75. The van der Waals surface area contributed by atoms with E-state index in [0.717, 1.165) is 42.4 Å². The number of aromatic nitrogens is 5. The van der Waals surface area contributed by atoms with Crippen LogP contribution in [0.4, 0.5) is 5.69 Å². The number of hydrogen-bond donors (Lipinski definition) is 1. The molecule has 3 aromatic heterocycles. The summed E-state index contributed by atoms with van der Waals surface area (Å²) in [5.41, 5.74) is 2.32. The molecule has 1 fully saturated rings. The van der Waals surface area contributed by atoms with Crippen LogP contribution in [0.1, 0.15) is 38.5 Å². The van der Waals surface area contributed by atoms with Crippen LogP contribution in [0.2, 0.25) is 0 Å². The van der Waals surface area contributed by atoms with Gasteiger partial charge in [-0.15, -0.1) is 10.2 Å². The Bertz CT molecular complexity index is 1070. The first-order valence-electron chi connectivity index (χ1n) is 9.06. The third kappa shape index (κ3) is 3.66. The van der Waals surface area contributed by atoms with E-state index in [1.807, 2.05) is 11.6 Å². The summed E-state index contributed by atoms with van der Waals surface area (Å²) < 4.78 is 30.4. The molecule has 4 rings (SSSR count). The van der Waals surface area contributed by atoms with Crippen LogP contribution in [0.3, 0.4) is 0 Å². The Morgan fingerprint density at radius 2 is 2.04 bits per heavy atom. The van der Waals surface area contributed by atoms with Crippen molar-refractivity contribution < 1.29 is 12.8 Å². The predicted molar refractivity (Wildman–Crippen MR) is 101 cm³/mol. The molecular formula is C17H22N6O3S. The monoisotopic (exact) mass is 390 g/mol. The smallest absolute Gasteiger partial charge is 0.251 e. The molecule has 1 aliphatic carbocycles. The quantitative estimate of drug-likeness (QED) is 0.682. The molecule has 0 aromatic carbocycles. The molecule has 0 radical (unpaired) electrons. The van der Waals surface area contributed by atoms with Gasteiger partial charge in [0.05, 0.1) is 22.8 Å². The lowest BCUT2D eigenvalue weighted by atomic mass is 10.1. The zero-order valence-corrected chi connectivity index (χ0v) is 16.2. The van der Waals surface area contributed by atoms with E-state index in [4.69, 9.17) is 4.42 Å². The molecule has 144 valence electrons. The maximum absolute atomic E-state index is 11.5. The number of anilines is 1. The van der Waals surface area contributed by atoms with Crippen LogP contribution in [0.5, 0.6) is 0 Å². The molecule has 0 saturated heterocycles. The fourth-order valence-electron chi connectivity index (χ4n) is 3.50. The summed E-state index contributed by atoms with van der Waals surface area (Å²) in [6.07, 6.45) is 9.23. The van der Waals surface area contributed by atoms with Crippen LogP contribution < -0.4 is 5.32 Å². The number of fused-ring (bicyclic) bond motifs is 1. The highest BCUT2D eigenvalue weighted by Crippen LogP contribution is 2.35. The van der Waals surface area contributed by atoms with Crippen LogP contribution >= 0.6 is 0 Å². The first-order chi connectivity index (χ1) is 12.9. The van der Waals surface area contributed by atoms with Crippen molar-refractivity contribution in [1.82, 2.24) is 25.0 Å². The molecule has 0 amide bonds. The van der Waals surface area contributed by atoms with E-state index in [1.165, 1.54) is 12.8 Å². The van der Waals surface area contributed by atoms with Crippen molar-refractivity contribution in [2.24, 2.45) is 0 Å². The lowest BCUT2D eigenvalue weighted by Crippen LogP contribution is -2.15. The van der Waals surface area contributed by atoms with Crippen molar-refractivity contribution in [3.8, 4) is 11.5 Å². The summed E-state index contributed by atoms with van der Waals surface area (Å²) in [5, 5.41) is 16.8. The first kappa shape index (κ1) is 17.9. The van der Waals surface area contributed by atoms with Gasteiger partial charge in [0.15, 0.2) is 15.5 Å². The van der Waals surface area contributed by atoms with Gasteiger partial charge in [-0.1, -0.05) is 12.8 Å². The largest absolute Gasteiger partial charge is 0.419 e. The van der Waals surface area contributed by atoms with Gasteiger partial charge in [-0.25, -0.2) is 18.1 Å². The SMILES string of the molecule is CCn1ncc2c(NC3CCCC3)c(-c3nnc(CS(C)(=O)=O)o3)cnc21. The van der Waals surface area contributed by atoms with Crippen molar-refractivity contribution >= 4 is 26.6 Å². The minimum Gasteiger partial charge on any atom is -0.419 e. The van der Waals surface area contributed by atoms with Crippen LogP contribution in [-0.4, -0.2) is 45.7 Å². The highest BCUT2D eigenvalue weighted by molar-refractivity contribution is 7.89. The average Bonchev–Trinajstić information content (AvgIpc) is 3.34. The molecule has 0 atom stereocenters. The first-order valence-corrected chi connectivity index (χ1v) is 11.1. The highest BCUT2D eigenvalue weighted by Gasteiger charge is 2.23. The standard InChI is InChI=1S/C17H22N6O3S/c1-3-23-16-12(9-19-23)15(20-11-6-4-5-7-11)13(8-18-16)17-22-21-14(26-17)10-27(2,24)25/h8-9,11H,3-7,10H2,1-2H3,(H,18,20). The molecule has 1 aliphatic rings. The second-order valence-corrected chi connectivity index (χ2v) is 9.08. The summed E-state index contributed by atoms with van der Waals surface area (Å²) in [4.78, 5) is 4.52. The molecule has 0 spiro atoms. The Labute approximate surface area is 157 Å². The van der Waals surface area contributed by atoms with Gasteiger partial charge >= 0.3 is 0 Å². The van der Waals surface area contributed by atoms with Gasteiger partial charge in [-0.05, 0) is 19.8 Å². The minimum atomic E-state index is -3.25. The van der Waals surface area contributed by atoms with Crippen LogP contribution in [-0.2, 0) is 22.1 Å². The van der Waals surface area contributed by atoms with Gasteiger partial charge < -0.3 is 9.73 Å². The number of hydrogen-bond acceptors (Lipinski definition) is 8. The van der Waals surface area contributed by atoms with Crippen LogP contribution in [0, 0.1) is 0 Å². The molecule has 27 heavy (non-hydrogen) atoms. The Hall–Kier alpha value is -2.49. The van der Waals surface area contributed by atoms with Crippen molar-refractivity contribution in [2.75, 3.05) is 11.6 Å². The van der Waals surface area contributed by atoms with Crippen molar-refractivity contribution in [2.45, 2.75) is 50.9 Å². The molecule has 3 heterocycles. The summed E-state index contributed by atoms with van der Waals surface area (Å²) in [5.74, 6) is 0.0471. The summed E-state index contributed by atoms with van der Waals surface area (Å²) in [6.45, 7) is 2.74. The fourth-order valence-corrected chi connectivity index (χ4v) is 4.06. The zero-order chi connectivity index (χ0) is 19.0. The second kappa shape index (κ2) is 6.91. The van der Waals surface area contributed by atoms with Crippen molar-refractivity contribution in [3.63, 3.8) is 0 Å². The fraction of sp³-hybridized carbons (Fsp3) is 0.529. The van der Waals surface area contributed by atoms with E-state index in [1.54, 1.807) is 12.4 Å². The zero-order valence-electron chi connectivity index (χ0n) is 15.3. The average molecular weight is 390 g/mol. The van der Waals surface area contributed by atoms with Gasteiger partial charge in [0, 0.05) is 25.0 Å². The maximum atomic E-state index is 11.5. The third-order valence-corrected chi connectivity index (χ3v) is 5.52. The molecule has 0 unspecified atom stereocenters. The molecule has 1 saturated carbocycles. The lowest BCUT2D eigenvalue weighted by Gasteiger charge is -2.16. The normalized spacial score (nSPS) is 15.6. The van der Waals surface area contributed by atoms with Gasteiger partial charge in [0.1, 0.15) is 5.75 Å². The second-order valence-electron chi connectivity index (χ2n) is 6.94. The molecule has 1 N–H and O–H groups in total. The number of sulfone groups is 1. The van der Waals surface area contributed by atoms with Crippen molar-refractivity contribution in [3.05, 3.63) is 18.3 Å². The van der Waals surface area contributed by atoms with E-state index in [2.05, 4.69) is 25.6 Å². The minimum absolute atomic E-state index is 0.0728.